The largest absolute Gasteiger partial charge is 0.397 e. The van der Waals surface area contributed by atoms with Gasteiger partial charge in [-0.1, -0.05) is 0 Å². The van der Waals surface area contributed by atoms with Gasteiger partial charge in [0.25, 0.3) is 11.0 Å². The Morgan fingerprint density at radius 1 is 1.57 bits per heavy atom. The summed E-state index contributed by atoms with van der Waals surface area (Å²) < 4.78 is 24.2. The van der Waals surface area contributed by atoms with Gasteiger partial charge in [-0.15, -0.1) is 0 Å². The highest BCUT2D eigenvalue weighted by atomic mass is 32.2. The summed E-state index contributed by atoms with van der Waals surface area (Å²) >= 11 is 0. The summed E-state index contributed by atoms with van der Waals surface area (Å²) in [4.78, 5) is 0. The lowest BCUT2D eigenvalue weighted by atomic mass is 10.9. The van der Waals surface area contributed by atoms with Crippen molar-refractivity contribution >= 4 is 11.0 Å². The molecule has 0 aromatic carbocycles. The molecule has 0 aromatic heterocycles. The molecule has 0 radical (unpaired) electrons. The topological polar surface area (TPSA) is 74.6 Å². The Hall–Kier alpha value is -0.130. The summed E-state index contributed by atoms with van der Waals surface area (Å²) in [5, 5.41) is 7.57. The molecule has 0 saturated carbocycles. The van der Waals surface area contributed by atoms with Gasteiger partial charge in [0.1, 0.15) is 0 Å². The lowest BCUT2D eigenvalue weighted by Gasteiger charge is -1.52. The van der Waals surface area contributed by atoms with Crippen LogP contribution in [0.1, 0.15) is 6.92 Å². The van der Waals surface area contributed by atoms with Gasteiger partial charge in [0.15, 0.2) is 0 Å². The summed E-state index contributed by atoms with van der Waals surface area (Å²) in [6, 6.07) is 0. The highest BCUT2D eigenvalue weighted by molar-refractivity contribution is 7.66. The van der Waals surface area contributed by atoms with Crippen LogP contribution >= 0.6 is 0 Å². The van der Waals surface area contributed by atoms with E-state index in [4.69, 9.17) is 18.1 Å². The van der Waals surface area contributed by atoms with E-state index in [0.29, 0.717) is 0 Å². The first-order valence-electron chi connectivity index (χ1n) is 1.59. The molecule has 5 heteroatoms. The van der Waals surface area contributed by atoms with Crippen LogP contribution in [0.4, 0.5) is 0 Å². The molecule has 0 aliphatic heterocycles. The number of thiol groups is 1. The van der Waals surface area contributed by atoms with Gasteiger partial charge in [0, 0.05) is 6.61 Å². The number of aliphatic hydroxyl groups is 1. The second-order valence-electron chi connectivity index (χ2n) is 0.554. The zero-order valence-electron chi connectivity index (χ0n) is 3.87. The predicted octanol–water partition coefficient (Wildman–Crippen LogP) is -0.931. The van der Waals surface area contributed by atoms with Crippen LogP contribution in [-0.4, -0.2) is 24.7 Å². The molecule has 0 rings (SSSR count). The Morgan fingerprint density at radius 3 is 1.57 bits per heavy atom. The maximum Gasteiger partial charge on any atom is 0.254 e. The maximum absolute atomic E-state index is 8.59. The van der Waals surface area contributed by atoms with E-state index in [-0.39, 0.29) is 6.61 Å². The minimum Gasteiger partial charge on any atom is -0.397 e. The van der Waals surface area contributed by atoms with E-state index in [9.17, 15) is 0 Å². The third-order valence-corrected chi connectivity index (χ3v) is 0. The molecule has 0 spiro atoms. The number of aliphatic hydroxyl groups excluding tert-OH is 1. The van der Waals surface area contributed by atoms with Gasteiger partial charge in [-0.05, 0) is 6.92 Å². The van der Waals surface area contributed by atoms with Crippen LogP contribution in [-0.2, 0) is 11.0 Å². The van der Waals surface area contributed by atoms with Crippen molar-refractivity contribution in [1.82, 2.24) is 0 Å². The van der Waals surface area contributed by atoms with Crippen LogP contribution < -0.4 is 0 Å². The van der Waals surface area contributed by atoms with Crippen LogP contribution in [0.3, 0.4) is 0 Å². The minimum absolute atomic E-state index is 0.250. The summed E-state index contributed by atoms with van der Waals surface area (Å²) in [6.07, 6.45) is 0. The molecule has 0 atom stereocenters. The number of rotatable bonds is 0. The lowest BCUT2D eigenvalue weighted by Crippen LogP contribution is -1.58. The second kappa shape index (κ2) is 9.30. The minimum atomic E-state index is -3.12. The van der Waals surface area contributed by atoms with Gasteiger partial charge in [-0.25, -0.2) is 8.42 Å². The van der Waals surface area contributed by atoms with E-state index in [1.165, 1.54) is 0 Å². The average Bonchev–Trinajstić information content (AvgIpc) is 1.33. The Morgan fingerprint density at radius 2 is 1.57 bits per heavy atom. The van der Waals surface area contributed by atoms with Crippen LogP contribution in [0.5, 0.6) is 0 Å². The molecule has 0 aliphatic carbocycles. The van der Waals surface area contributed by atoms with Crippen LogP contribution in [0, 0.1) is 0 Å². The van der Waals surface area contributed by atoms with Crippen molar-refractivity contribution in [2.75, 3.05) is 6.61 Å². The Kier molecular flexibility index (Phi) is 13.3. The van der Waals surface area contributed by atoms with Crippen LogP contribution in [0.2, 0.25) is 0 Å². The average molecular weight is 128 g/mol. The fraction of sp³-hybridized carbons (Fsp3) is 1.00. The van der Waals surface area contributed by atoms with Crippen molar-refractivity contribution in [3.63, 3.8) is 0 Å². The first-order chi connectivity index (χ1) is 3.15. The molecule has 0 saturated heterocycles. The van der Waals surface area contributed by atoms with Gasteiger partial charge >= 0.3 is 0 Å². The van der Waals surface area contributed by atoms with E-state index in [2.05, 4.69) is 0 Å². The number of hydrogen-bond donors (Lipinski definition) is 3. The van der Waals surface area contributed by atoms with E-state index in [1.807, 2.05) is 0 Å². The van der Waals surface area contributed by atoms with Crippen molar-refractivity contribution in [1.29, 1.82) is 0 Å². The van der Waals surface area contributed by atoms with Gasteiger partial charge in [-0.2, -0.15) is 0 Å². The number of hydrogen-bond acceptors (Lipinski definition) is 3. The molecule has 7 heavy (non-hydrogen) atoms. The summed E-state index contributed by atoms with van der Waals surface area (Å²) in [7, 11) is -3.12. The van der Waals surface area contributed by atoms with Gasteiger partial charge < -0.3 is 5.11 Å². The molecule has 0 amide bonds. The van der Waals surface area contributed by atoms with Gasteiger partial charge in [-0.3, -0.25) is 4.55 Å². The molecule has 0 heterocycles. The van der Waals surface area contributed by atoms with E-state index in [0.717, 1.165) is 0 Å². The van der Waals surface area contributed by atoms with Gasteiger partial charge in [0.2, 0.25) is 0 Å². The molecule has 0 aliphatic rings. The zero-order valence-corrected chi connectivity index (χ0v) is 4.76. The van der Waals surface area contributed by atoms with Crippen LogP contribution in [0.25, 0.3) is 0 Å². The molecule has 0 bridgehead atoms. The molecule has 0 unspecified atom stereocenters. The van der Waals surface area contributed by atoms with Crippen molar-refractivity contribution in [2.24, 2.45) is 0 Å². The summed E-state index contributed by atoms with van der Waals surface area (Å²) in [5.74, 6) is 0. The molecule has 2 N–H and O–H groups in total. The second-order valence-corrected chi connectivity index (χ2v) is 1.03. The molecular weight excluding hydrogens is 120 g/mol. The van der Waals surface area contributed by atoms with E-state index in [1.54, 1.807) is 6.92 Å². The molecule has 46 valence electrons. The first kappa shape index (κ1) is 9.98. The summed E-state index contributed by atoms with van der Waals surface area (Å²) in [6.45, 7) is 1.93. The van der Waals surface area contributed by atoms with Crippen molar-refractivity contribution < 1.29 is 18.1 Å². The fourth-order valence-corrected chi connectivity index (χ4v) is 0. The Bertz CT molecular complexity index is 67.8. The highest BCUT2D eigenvalue weighted by Gasteiger charge is 1.44. The lowest BCUT2D eigenvalue weighted by molar-refractivity contribution is 0.318. The normalized spacial score (nSPS) is 7.43. The monoisotopic (exact) mass is 128 g/mol. The van der Waals surface area contributed by atoms with Crippen molar-refractivity contribution in [3.8, 4) is 0 Å². The molecular formula is C2H8O4S. The SMILES string of the molecule is CCO.O=[SH](=O)O. The van der Waals surface area contributed by atoms with Crippen molar-refractivity contribution in [2.45, 2.75) is 6.92 Å². The molecule has 0 fully saturated rings. The van der Waals surface area contributed by atoms with Crippen molar-refractivity contribution in [3.05, 3.63) is 0 Å². The smallest absolute Gasteiger partial charge is 0.254 e. The highest BCUT2D eigenvalue weighted by Crippen LogP contribution is 1.30. The maximum atomic E-state index is 8.59. The standard InChI is InChI=1S/C2H6O.H2O3S/c1-2-3;1-4(2)3/h3H,2H2,1H3;4H,(H,1,2,3). The third kappa shape index (κ3) is 5200. The third-order valence-electron chi connectivity index (χ3n) is 0. The Labute approximate surface area is 43.6 Å². The Balaban J connectivity index is 0. The predicted molar refractivity (Wildman–Crippen MR) is 25.7 cm³/mol. The van der Waals surface area contributed by atoms with E-state index < -0.39 is 11.0 Å². The van der Waals surface area contributed by atoms with Crippen LogP contribution in [0.15, 0.2) is 0 Å². The van der Waals surface area contributed by atoms with E-state index >= 15 is 0 Å². The zero-order chi connectivity index (χ0) is 6.28. The first-order valence-corrected chi connectivity index (χ1v) is 2.72. The van der Waals surface area contributed by atoms with Gasteiger partial charge in [0.05, 0.1) is 0 Å². The molecule has 4 nitrogen and oxygen atoms in total. The summed E-state index contributed by atoms with van der Waals surface area (Å²) in [5.41, 5.74) is 0. The quantitative estimate of drug-likeness (QED) is 0.291. The molecule has 0 aromatic rings. The fourth-order valence-electron chi connectivity index (χ4n) is 0.